The minimum absolute atomic E-state index is 0.0165. The van der Waals surface area contributed by atoms with Crippen LogP contribution < -0.4 is 10.5 Å². The van der Waals surface area contributed by atoms with Gasteiger partial charge in [-0.05, 0) is 49.3 Å². The Balaban J connectivity index is 1.87. The van der Waals surface area contributed by atoms with Crippen molar-refractivity contribution in [3.05, 3.63) is 23.8 Å². The van der Waals surface area contributed by atoms with Crippen LogP contribution >= 0.6 is 0 Å². The highest BCUT2D eigenvalue weighted by atomic mass is 32.2. The van der Waals surface area contributed by atoms with Crippen molar-refractivity contribution in [1.29, 1.82) is 5.26 Å². The molecule has 5 nitrogen and oxygen atoms in total. The molecule has 0 heterocycles. The molecule has 0 saturated heterocycles. The molecule has 0 aromatic heterocycles. The lowest BCUT2D eigenvalue weighted by Crippen LogP contribution is -2.38. The van der Waals surface area contributed by atoms with Crippen LogP contribution in [-0.2, 0) is 10.0 Å². The quantitative estimate of drug-likeness (QED) is 0.827. The fourth-order valence-electron chi connectivity index (χ4n) is 3.52. The average Bonchev–Trinajstić information content (AvgIpc) is 2.99. The van der Waals surface area contributed by atoms with Crippen LogP contribution in [0, 0.1) is 23.2 Å². The van der Waals surface area contributed by atoms with Crippen molar-refractivity contribution in [2.75, 3.05) is 5.73 Å². The minimum atomic E-state index is -3.65. The van der Waals surface area contributed by atoms with Gasteiger partial charge in [0, 0.05) is 11.7 Å². The Labute approximate surface area is 118 Å². The van der Waals surface area contributed by atoms with Crippen molar-refractivity contribution < 1.29 is 8.42 Å². The van der Waals surface area contributed by atoms with E-state index < -0.39 is 10.0 Å². The fraction of sp³-hybridized carbons (Fsp3) is 0.500. The summed E-state index contributed by atoms with van der Waals surface area (Å²) in [4.78, 5) is 0.0250. The second kappa shape index (κ2) is 4.76. The van der Waals surface area contributed by atoms with E-state index in [4.69, 9.17) is 11.0 Å². The van der Waals surface area contributed by atoms with E-state index in [0.717, 1.165) is 19.3 Å². The monoisotopic (exact) mass is 291 g/mol. The van der Waals surface area contributed by atoms with Crippen molar-refractivity contribution in [2.45, 2.75) is 36.6 Å². The zero-order chi connectivity index (χ0) is 14.3. The second-order valence-electron chi connectivity index (χ2n) is 5.77. The molecule has 0 spiro atoms. The van der Waals surface area contributed by atoms with Gasteiger partial charge in [-0.1, -0.05) is 6.42 Å². The maximum atomic E-state index is 12.5. The number of nitrogens with one attached hydrogen (secondary N) is 1. The molecule has 2 aliphatic carbocycles. The molecule has 3 atom stereocenters. The summed E-state index contributed by atoms with van der Waals surface area (Å²) in [6.07, 6.45) is 4.36. The Morgan fingerprint density at radius 2 is 2.10 bits per heavy atom. The number of sulfonamides is 1. The Morgan fingerprint density at radius 1 is 1.30 bits per heavy atom. The summed E-state index contributed by atoms with van der Waals surface area (Å²) in [5.41, 5.74) is 6.08. The molecule has 3 unspecified atom stereocenters. The lowest BCUT2D eigenvalue weighted by Gasteiger charge is -2.23. The Bertz CT molecular complexity index is 678. The molecule has 3 rings (SSSR count). The number of benzene rings is 1. The molecule has 2 saturated carbocycles. The van der Waals surface area contributed by atoms with Crippen LogP contribution in [0.3, 0.4) is 0 Å². The summed E-state index contributed by atoms with van der Waals surface area (Å²) in [5.74, 6) is 1.11. The van der Waals surface area contributed by atoms with E-state index in [2.05, 4.69) is 4.72 Å². The van der Waals surface area contributed by atoms with Crippen molar-refractivity contribution in [3.8, 4) is 6.07 Å². The van der Waals surface area contributed by atoms with Crippen LogP contribution in [0.15, 0.2) is 23.1 Å². The second-order valence-corrected chi connectivity index (χ2v) is 7.45. The lowest BCUT2D eigenvalue weighted by atomic mass is 9.96. The summed E-state index contributed by atoms with van der Waals surface area (Å²) in [5, 5.41) is 9.07. The number of anilines is 1. The third-order valence-corrected chi connectivity index (χ3v) is 6.01. The third kappa shape index (κ3) is 2.28. The minimum Gasteiger partial charge on any atom is -0.399 e. The van der Waals surface area contributed by atoms with E-state index in [-0.39, 0.29) is 16.5 Å². The van der Waals surface area contributed by atoms with Crippen molar-refractivity contribution in [2.24, 2.45) is 11.8 Å². The van der Waals surface area contributed by atoms with Crippen molar-refractivity contribution in [3.63, 3.8) is 0 Å². The molecule has 2 fully saturated rings. The molecule has 0 aliphatic heterocycles. The SMILES string of the molecule is N#Cc1cc(N)ccc1S(=O)(=O)NC1CC2CCC1C2. The summed E-state index contributed by atoms with van der Waals surface area (Å²) in [6.45, 7) is 0. The number of nitrogen functional groups attached to an aromatic ring is 1. The van der Waals surface area contributed by atoms with Gasteiger partial charge in [0.25, 0.3) is 0 Å². The molecule has 1 aromatic rings. The molecule has 0 amide bonds. The van der Waals surface area contributed by atoms with Gasteiger partial charge in [-0.25, -0.2) is 13.1 Å². The van der Waals surface area contributed by atoms with Crippen LogP contribution in [0.1, 0.15) is 31.2 Å². The molecule has 2 bridgehead atoms. The molecule has 0 radical (unpaired) electrons. The maximum absolute atomic E-state index is 12.5. The number of rotatable bonds is 3. The number of nitrogens with zero attached hydrogens (tertiary/aromatic N) is 1. The van der Waals surface area contributed by atoms with Gasteiger partial charge in [0.15, 0.2) is 0 Å². The molecule has 6 heteroatoms. The largest absolute Gasteiger partial charge is 0.399 e. The van der Waals surface area contributed by atoms with E-state index >= 15 is 0 Å². The zero-order valence-corrected chi connectivity index (χ0v) is 11.9. The molecule has 3 N–H and O–H groups in total. The van der Waals surface area contributed by atoms with Gasteiger partial charge in [-0.15, -0.1) is 0 Å². The molecular formula is C14H17N3O2S. The number of nitriles is 1. The number of hydrogen-bond donors (Lipinski definition) is 2. The van der Waals surface area contributed by atoms with Gasteiger partial charge in [-0.3, -0.25) is 0 Å². The fourth-order valence-corrected chi connectivity index (χ4v) is 4.98. The first-order chi connectivity index (χ1) is 9.49. The summed E-state index contributed by atoms with van der Waals surface area (Å²) >= 11 is 0. The first-order valence-electron chi connectivity index (χ1n) is 6.81. The van der Waals surface area contributed by atoms with E-state index in [1.54, 1.807) is 0 Å². The first kappa shape index (κ1) is 13.4. The van der Waals surface area contributed by atoms with Gasteiger partial charge in [0.2, 0.25) is 10.0 Å². The molecule has 20 heavy (non-hydrogen) atoms. The molecule has 2 aliphatic rings. The average molecular weight is 291 g/mol. The first-order valence-corrected chi connectivity index (χ1v) is 8.30. The van der Waals surface area contributed by atoms with Gasteiger partial charge >= 0.3 is 0 Å². The zero-order valence-electron chi connectivity index (χ0n) is 11.0. The van der Waals surface area contributed by atoms with Crippen molar-refractivity contribution in [1.82, 2.24) is 4.72 Å². The van der Waals surface area contributed by atoms with Gasteiger partial charge in [0.05, 0.1) is 10.5 Å². The topological polar surface area (TPSA) is 96.0 Å². The van der Waals surface area contributed by atoms with Crippen LogP contribution in [0.5, 0.6) is 0 Å². The van der Waals surface area contributed by atoms with Crippen LogP contribution in [0.25, 0.3) is 0 Å². The van der Waals surface area contributed by atoms with Gasteiger partial charge in [-0.2, -0.15) is 5.26 Å². The van der Waals surface area contributed by atoms with E-state index in [1.165, 1.54) is 24.6 Å². The van der Waals surface area contributed by atoms with E-state index in [0.29, 0.717) is 17.5 Å². The predicted octanol–water partition coefficient (Wildman–Crippen LogP) is 1.61. The van der Waals surface area contributed by atoms with Crippen LogP contribution in [0.4, 0.5) is 5.69 Å². The smallest absolute Gasteiger partial charge is 0.242 e. The van der Waals surface area contributed by atoms with E-state index in [1.807, 2.05) is 6.07 Å². The van der Waals surface area contributed by atoms with E-state index in [9.17, 15) is 8.42 Å². The Kier molecular flexibility index (Phi) is 3.19. The normalized spacial score (nSPS) is 28.4. The summed E-state index contributed by atoms with van der Waals surface area (Å²) in [6, 6.07) is 6.23. The summed E-state index contributed by atoms with van der Waals surface area (Å²) in [7, 11) is -3.65. The highest BCUT2D eigenvalue weighted by molar-refractivity contribution is 7.89. The standard InChI is InChI=1S/C14H17N3O2S/c15-8-11-7-12(16)3-4-14(11)20(18,19)17-13-6-9-1-2-10(13)5-9/h3-4,7,9-10,13,17H,1-2,5-6,16H2. The van der Waals surface area contributed by atoms with Crippen molar-refractivity contribution >= 4 is 15.7 Å². The molecule has 106 valence electrons. The number of fused-ring (bicyclic) bond motifs is 2. The Hall–Kier alpha value is -1.58. The third-order valence-electron chi connectivity index (χ3n) is 4.46. The van der Waals surface area contributed by atoms with Gasteiger partial charge < -0.3 is 5.73 Å². The molecular weight excluding hydrogens is 274 g/mol. The lowest BCUT2D eigenvalue weighted by molar-refractivity contribution is 0.390. The predicted molar refractivity (Wildman–Crippen MR) is 75.1 cm³/mol. The van der Waals surface area contributed by atoms with Gasteiger partial charge in [0.1, 0.15) is 6.07 Å². The molecule has 1 aromatic carbocycles. The highest BCUT2D eigenvalue weighted by Crippen LogP contribution is 2.44. The summed E-state index contributed by atoms with van der Waals surface area (Å²) < 4.78 is 27.7. The Morgan fingerprint density at radius 3 is 2.70 bits per heavy atom. The van der Waals surface area contributed by atoms with Crippen LogP contribution in [-0.4, -0.2) is 14.5 Å². The highest BCUT2D eigenvalue weighted by Gasteiger charge is 2.41. The maximum Gasteiger partial charge on any atom is 0.242 e. The number of hydrogen-bond acceptors (Lipinski definition) is 4. The number of nitrogens with two attached hydrogens (primary N) is 1. The van der Waals surface area contributed by atoms with Crippen LogP contribution in [0.2, 0.25) is 0 Å².